The molecule has 192 valence electrons. The van der Waals surface area contributed by atoms with Gasteiger partial charge in [0.2, 0.25) is 0 Å². The van der Waals surface area contributed by atoms with Gasteiger partial charge in [-0.25, -0.2) is 4.79 Å². The molecule has 1 fully saturated rings. The van der Waals surface area contributed by atoms with Crippen molar-refractivity contribution in [1.29, 1.82) is 0 Å². The molecule has 4 aliphatic rings. The van der Waals surface area contributed by atoms with Crippen molar-refractivity contribution in [2.24, 2.45) is 0 Å². The van der Waals surface area contributed by atoms with E-state index in [2.05, 4.69) is 97.1 Å². The summed E-state index contributed by atoms with van der Waals surface area (Å²) in [6.07, 6.45) is 3.73. The van der Waals surface area contributed by atoms with E-state index in [0.717, 1.165) is 12.8 Å². The Kier molecular flexibility index (Phi) is 5.24. The maximum atomic E-state index is 13.5. The van der Waals surface area contributed by atoms with Gasteiger partial charge in [0, 0.05) is 5.92 Å². The fraction of sp³-hybridized carbons (Fsp3) is 0.229. The van der Waals surface area contributed by atoms with Gasteiger partial charge in [0.25, 0.3) is 0 Å². The van der Waals surface area contributed by atoms with Gasteiger partial charge in [0.15, 0.2) is 0 Å². The van der Waals surface area contributed by atoms with Crippen molar-refractivity contribution in [3.05, 3.63) is 125 Å². The van der Waals surface area contributed by atoms with Crippen LogP contribution in [-0.4, -0.2) is 42.9 Å². The quantitative estimate of drug-likeness (QED) is 0.260. The summed E-state index contributed by atoms with van der Waals surface area (Å²) in [6.45, 7) is 1.38. The minimum atomic E-state index is -0.241. The molecule has 2 aliphatic carbocycles. The molecule has 4 aromatic carbocycles. The number of morpholine rings is 1. The summed E-state index contributed by atoms with van der Waals surface area (Å²) >= 11 is 0. The molecular weight excluding hydrogens is 482 g/mol. The zero-order valence-electron chi connectivity index (χ0n) is 21.7. The van der Waals surface area contributed by atoms with E-state index in [1.54, 1.807) is 0 Å². The molecule has 2 bridgehead atoms. The van der Waals surface area contributed by atoms with Gasteiger partial charge in [-0.3, -0.25) is 4.90 Å². The first kappa shape index (κ1) is 22.8. The summed E-state index contributed by atoms with van der Waals surface area (Å²) in [4.78, 5) is 15.5. The largest absolute Gasteiger partial charge is 0.448 e. The molecule has 0 spiro atoms. The minimum Gasteiger partial charge on any atom is -0.448 e. The molecule has 0 N–H and O–H groups in total. The summed E-state index contributed by atoms with van der Waals surface area (Å²) in [7, 11) is 0. The van der Waals surface area contributed by atoms with E-state index in [-0.39, 0.29) is 24.1 Å². The lowest BCUT2D eigenvalue weighted by atomic mass is 9.88. The van der Waals surface area contributed by atoms with Gasteiger partial charge in [-0.15, -0.1) is 0 Å². The SMILES string of the molecule is O=C(OCC1c2ccccc2-c2ccccc21)N1C2C=C(c3ccc4c(c3)Cc3ccccc3-4)CC1COC2. The molecule has 8 rings (SSSR count). The number of hydrogen-bond acceptors (Lipinski definition) is 3. The second-order valence-corrected chi connectivity index (χ2v) is 11.1. The van der Waals surface area contributed by atoms with Crippen LogP contribution >= 0.6 is 0 Å². The highest BCUT2D eigenvalue weighted by Crippen LogP contribution is 2.45. The lowest BCUT2D eigenvalue weighted by Gasteiger charge is -2.44. The summed E-state index contributed by atoms with van der Waals surface area (Å²) in [5, 5.41) is 0. The second-order valence-electron chi connectivity index (χ2n) is 11.1. The van der Waals surface area contributed by atoms with Gasteiger partial charge in [0.1, 0.15) is 6.61 Å². The Morgan fingerprint density at radius 2 is 1.49 bits per heavy atom. The molecule has 4 heteroatoms. The van der Waals surface area contributed by atoms with Crippen LogP contribution in [0, 0.1) is 0 Å². The van der Waals surface area contributed by atoms with Gasteiger partial charge >= 0.3 is 6.09 Å². The third-order valence-electron chi connectivity index (χ3n) is 8.91. The van der Waals surface area contributed by atoms with E-state index in [1.165, 1.54) is 55.6 Å². The molecule has 0 radical (unpaired) electrons. The predicted octanol–water partition coefficient (Wildman–Crippen LogP) is 7.06. The third-order valence-corrected chi connectivity index (χ3v) is 8.91. The van der Waals surface area contributed by atoms with Crippen molar-refractivity contribution in [2.45, 2.75) is 30.8 Å². The standard InChI is InChI=1S/C35H29NO3/c37-35(39-21-34-32-11-5-3-9-30(32)31-10-4-6-12-33(31)34)36-26-17-24(18-27(36)20-38-19-26)22-13-14-29-25(15-22)16-23-7-1-2-8-28(23)29/h1-15,17,26-27,34H,16,18-21H2. The number of amides is 1. The Labute approximate surface area is 228 Å². The van der Waals surface area contributed by atoms with E-state index in [9.17, 15) is 4.79 Å². The van der Waals surface area contributed by atoms with Crippen molar-refractivity contribution < 1.29 is 14.3 Å². The fourth-order valence-electron chi connectivity index (χ4n) is 7.11. The molecule has 2 heterocycles. The molecule has 2 atom stereocenters. The number of ether oxygens (including phenoxy) is 2. The third kappa shape index (κ3) is 3.66. The summed E-state index contributed by atoms with van der Waals surface area (Å²) < 4.78 is 11.9. The highest BCUT2D eigenvalue weighted by atomic mass is 16.6. The molecule has 1 amide bonds. The minimum absolute atomic E-state index is 0.0233. The monoisotopic (exact) mass is 511 g/mol. The van der Waals surface area contributed by atoms with E-state index in [1.807, 2.05) is 4.90 Å². The smallest absolute Gasteiger partial charge is 0.410 e. The number of carbonyl (C=O) groups excluding carboxylic acids is 1. The van der Waals surface area contributed by atoms with Gasteiger partial charge in [-0.05, 0) is 68.5 Å². The van der Waals surface area contributed by atoms with Crippen LogP contribution in [0.2, 0.25) is 0 Å². The molecule has 0 saturated carbocycles. The van der Waals surface area contributed by atoms with Crippen LogP contribution in [-0.2, 0) is 15.9 Å². The number of carbonyl (C=O) groups is 1. The zero-order valence-corrected chi connectivity index (χ0v) is 21.7. The first-order valence-corrected chi connectivity index (χ1v) is 13.9. The summed E-state index contributed by atoms with van der Waals surface area (Å²) in [6, 6.07) is 32.3. The van der Waals surface area contributed by atoms with E-state index < -0.39 is 0 Å². The van der Waals surface area contributed by atoms with Crippen molar-refractivity contribution >= 4 is 11.7 Å². The molecule has 2 aliphatic heterocycles. The summed E-state index contributed by atoms with van der Waals surface area (Å²) in [5.74, 6) is 0.0591. The Morgan fingerprint density at radius 1 is 0.795 bits per heavy atom. The first-order valence-electron chi connectivity index (χ1n) is 13.9. The Hall–Kier alpha value is -4.15. The lowest BCUT2D eigenvalue weighted by molar-refractivity contribution is -0.0331. The van der Waals surface area contributed by atoms with Crippen LogP contribution in [0.3, 0.4) is 0 Å². The number of nitrogens with zero attached hydrogens (tertiary/aromatic N) is 1. The lowest BCUT2D eigenvalue weighted by Crippen LogP contribution is -2.56. The van der Waals surface area contributed by atoms with E-state index in [4.69, 9.17) is 9.47 Å². The Morgan fingerprint density at radius 3 is 2.26 bits per heavy atom. The van der Waals surface area contributed by atoms with Crippen LogP contribution in [0.5, 0.6) is 0 Å². The Balaban J connectivity index is 1.03. The van der Waals surface area contributed by atoms with Crippen LogP contribution in [0.4, 0.5) is 4.79 Å². The van der Waals surface area contributed by atoms with Crippen LogP contribution in [0.15, 0.2) is 97.1 Å². The highest BCUT2D eigenvalue weighted by molar-refractivity contribution is 5.81. The molecule has 39 heavy (non-hydrogen) atoms. The second kappa shape index (κ2) is 8.96. The molecular formula is C35H29NO3. The average Bonchev–Trinajstić information content (AvgIpc) is 3.50. The number of fused-ring (bicyclic) bond motifs is 8. The maximum absolute atomic E-state index is 13.5. The van der Waals surface area contributed by atoms with Crippen molar-refractivity contribution in [3.8, 4) is 22.3 Å². The number of hydrogen-bond donors (Lipinski definition) is 0. The van der Waals surface area contributed by atoms with Crippen molar-refractivity contribution in [2.75, 3.05) is 19.8 Å². The van der Waals surface area contributed by atoms with Gasteiger partial charge in [0.05, 0.1) is 25.3 Å². The first-order chi connectivity index (χ1) is 19.2. The molecule has 4 nitrogen and oxygen atoms in total. The van der Waals surface area contributed by atoms with E-state index >= 15 is 0 Å². The molecule has 1 saturated heterocycles. The Bertz CT molecular complexity index is 1610. The number of benzene rings is 4. The zero-order chi connectivity index (χ0) is 25.9. The number of rotatable bonds is 3. The molecule has 2 unspecified atom stereocenters. The van der Waals surface area contributed by atoms with Crippen LogP contribution in [0.1, 0.15) is 40.2 Å². The topological polar surface area (TPSA) is 38.8 Å². The van der Waals surface area contributed by atoms with Crippen LogP contribution < -0.4 is 0 Å². The predicted molar refractivity (Wildman–Crippen MR) is 153 cm³/mol. The van der Waals surface area contributed by atoms with Crippen LogP contribution in [0.25, 0.3) is 27.8 Å². The normalized spacial score (nSPS) is 20.5. The van der Waals surface area contributed by atoms with Crippen molar-refractivity contribution in [1.82, 2.24) is 4.90 Å². The van der Waals surface area contributed by atoms with Gasteiger partial charge in [-0.1, -0.05) is 97.1 Å². The molecule has 0 aromatic heterocycles. The fourth-order valence-corrected chi connectivity index (χ4v) is 7.11. The maximum Gasteiger partial charge on any atom is 0.410 e. The van der Waals surface area contributed by atoms with Gasteiger partial charge < -0.3 is 9.47 Å². The average molecular weight is 512 g/mol. The van der Waals surface area contributed by atoms with Crippen molar-refractivity contribution in [3.63, 3.8) is 0 Å². The van der Waals surface area contributed by atoms with Gasteiger partial charge in [-0.2, -0.15) is 0 Å². The molecule has 4 aromatic rings. The highest BCUT2D eigenvalue weighted by Gasteiger charge is 2.40. The van der Waals surface area contributed by atoms with E-state index in [0.29, 0.717) is 19.8 Å². The summed E-state index contributed by atoms with van der Waals surface area (Å²) in [5.41, 5.74) is 13.0.